The smallest absolute Gasteiger partial charge is 0.227 e. The topological polar surface area (TPSA) is 34.4 Å². The lowest BCUT2D eigenvalue weighted by atomic mass is 10.0. The van der Waals surface area contributed by atoms with Crippen molar-refractivity contribution in [3.05, 3.63) is 0 Å². The molecule has 0 aliphatic carbocycles. The second kappa shape index (κ2) is 2.35. The van der Waals surface area contributed by atoms with Gasteiger partial charge in [-0.05, 0) is 0 Å². The van der Waals surface area contributed by atoms with Gasteiger partial charge in [-0.3, -0.25) is 4.79 Å². The zero-order valence-corrected chi connectivity index (χ0v) is 5.79. The SMILES string of the molecule is CN(C)C(=O)C1C[N]C1. The molecular weight excluding hydrogens is 116 g/mol. The number of rotatable bonds is 1. The van der Waals surface area contributed by atoms with Crippen LogP contribution in [0.1, 0.15) is 0 Å². The first kappa shape index (κ1) is 6.55. The Morgan fingerprint density at radius 2 is 2.11 bits per heavy atom. The lowest BCUT2D eigenvalue weighted by Crippen LogP contribution is -2.46. The highest BCUT2D eigenvalue weighted by Crippen LogP contribution is 2.06. The summed E-state index contributed by atoms with van der Waals surface area (Å²) in [6.07, 6.45) is 0. The van der Waals surface area contributed by atoms with Crippen LogP contribution in [0.15, 0.2) is 0 Å². The van der Waals surface area contributed by atoms with Gasteiger partial charge in [-0.2, -0.15) is 0 Å². The highest BCUT2D eigenvalue weighted by atomic mass is 16.2. The van der Waals surface area contributed by atoms with Gasteiger partial charge in [0.25, 0.3) is 0 Å². The van der Waals surface area contributed by atoms with E-state index in [4.69, 9.17) is 0 Å². The average Bonchev–Trinajstić information content (AvgIpc) is 1.60. The van der Waals surface area contributed by atoms with Gasteiger partial charge in [0.1, 0.15) is 0 Å². The minimum Gasteiger partial charge on any atom is -0.348 e. The Morgan fingerprint density at radius 1 is 1.56 bits per heavy atom. The summed E-state index contributed by atoms with van der Waals surface area (Å²) < 4.78 is 0. The third-order valence-electron chi connectivity index (χ3n) is 1.49. The van der Waals surface area contributed by atoms with Gasteiger partial charge in [-0.25, -0.2) is 5.32 Å². The zero-order valence-electron chi connectivity index (χ0n) is 5.79. The first-order valence-electron chi connectivity index (χ1n) is 3.06. The van der Waals surface area contributed by atoms with Gasteiger partial charge < -0.3 is 4.90 Å². The maximum absolute atomic E-state index is 11.0. The summed E-state index contributed by atoms with van der Waals surface area (Å²) in [7, 11) is 3.56. The van der Waals surface area contributed by atoms with E-state index in [0.717, 1.165) is 13.1 Å². The van der Waals surface area contributed by atoms with Crippen molar-refractivity contribution in [3.63, 3.8) is 0 Å². The Balaban J connectivity index is 2.32. The van der Waals surface area contributed by atoms with E-state index in [1.165, 1.54) is 0 Å². The molecule has 9 heavy (non-hydrogen) atoms. The van der Waals surface area contributed by atoms with Gasteiger partial charge in [0.2, 0.25) is 5.91 Å². The van der Waals surface area contributed by atoms with Crippen molar-refractivity contribution >= 4 is 5.91 Å². The van der Waals surface area contributed by atoms with E-state index >= 15 is 0 Å². The number of carbonyl (C=O) groups excluding carboxylic acids is 1. The van der Waals surface area contributed by atoms with Gasteiger partial charge in [-0.1, -0.05) is 0 Å². The highest BCUT2D eigenvalue weighted by Gasteiger charge is 2.26. The summed E-state index contributed by atoms with van der Waals surface area (Å²) in [5, 5.41) is 3.95. The van der Waals surface area contributed by atoms with Crippen molar-refractivity contribution in [3.8, 4) is 0 Å². The molecule has 3 nitrogen and oxygen atoms in total. The minimum atomic E-state index is 0.194. The second-order valence-corrected chi connectivity index (χ2v) is 2.52. The molecule has 3 heteroatoms. The Hall–Kier alpha value is -0.570. The molecule has 1 saturated heterocycles. The number of hydrogen-bond donors (Lipinski definition) is 0. The van der Waals surface area contributed by atoms with Crippen molar-refractivity contribution in [2.75, 3.05) is 27.2 Å². The van der Waals surface area contributed by atoms with E-state index in [9.17, 15) is 4.79 Å². The van der Waals surface area contributed by atoms with Crippen molar-refractivity contribution < 1.29 is 4.79 Å². The Bertz CT molecular complexity index is 118. The van der Waals surface area contributed by atoms with Crippen molar-refractivity contribution in [2.24, 2.45) is 5.92 Å². The van der Waals surface area contributed by atoms with Crippen molar-refractivity contribution in [1.29, 1.82) is 0 Å². The molecule has 1 radical (unpaired) electrons. The molecule has 0 bridgehead atoms. The molecule has 0 aromatic rings. The number of hydrogen-bond acceptors (Lipinski definition) is 1. The summed E-state index contributed by atoms with van der Waals surface area (Å²) in [6, 6.07) is 0. The van der Waals surface area contributed by atoms with Gasteiger partial charge in [0.05, 0.1) is 5.92 Å². The molecule has 0 aromatic carbocycles. The fourth-order valence-corrected chi connectivity index (χ4v) is 0.780. The first-order chi connectivity index (χ1) is 4.22. The fourth-order valence-electron chi connectivity index (χ4n) is 0.780. The van der Waals surface area contributed by atoms with Crippen molar-refractivity contribution in [1.82, 2.24) is 10.2 Å². The van der Waals surface area contributed by atoms with Crippen LogP contribution in [0.5, 0.6) is 0 Å². The molecule has 1 heterocycles. The highest BCUT2D eigenvalue weighted by molar-refractivity contribution is 5.79. The van der Waals surface area contributed by atoms with Crippen LogP contribution in [0.2, 0.25) is 0 Å². The Kier molecular flexibility index (Phi) is 1.71. The van der Waals surface area contributed by atoms with Gasteiger partial charge in [0, 0.05) is 27.2 Å². The molecule has 0 unspecified atom stereocenters. The summed E-state index contributed by atoms with van der Waals surface area (Å²) in [5.74, 6) is 0.407. The van der Waals surface area contributed by atoms with Crippen molar-refractivity contribution in [2.45, 2.75) is 0 Å². The van der Waals surface area contributed by atoms with E-state index in [1.807, 2.05) is 0 Å². The van der Waals surface area contributed by atoms with Crippen LogP contribution >= 0.6 is 0 Å². The molecule has 0 spiro atoms. The predicted octanol–water partition coefficient (Wildman–Crippen LogP) is -0.691. The number of amides is 1. The molecule has 0 aromatic heterocycles. The quantitative estimate of drug-likeness (QED) is 0.459. The predicted molar refractivity (Wildman–Crippen MR) is 34.1 cm³/mol. The van der Waals surface area contributed by atoms with Crippen LogP contribution in [-0.2, 0) is 4.79 Å². The van der Waals surface area contributed by atoms with Gasteiger partial charge >= 0.3 is 0 Å². The number of carbonyl (C=O) groups is 1. The molecule has 1 aliphatic rings. The third-order valence-corrected chi connectivity index (χ3v) is 1.49. The summed E-state index contributed by atoms with van der Waals surface area (Å²) >= 11 is 0. The van der Waals surface area contributed by atoms with E-state index in [-0.39, 0.29) is 11.8 Å². The molecule has 1 amide bonds. The lowest BCUT2D eigenvalue weighted by Gasteiger charge is -2.26. The van der Waals surface area contributed by atoms with Crippen LogP contribution in [0.3, 0.4) is 0 Å². The molecule has 0 saturated carbocycles. The normalized spacial score (nSPS) is 18.9. The Labute approximate surface area is 55.0 Å². The molecule has 1 aliphatic heterocycles. The summed E-state index contributed by atoms with van der Waals surface area (Å²) in [5.41, 5.74) is 0. The number of nitrogens with zero attached hydrogens (tertiary/aromatic N) is 2. The third kappa shape index (κ3) is 1.21. The average molecular weight is 127 g/mol. The van der Waals surface area contributed by atoms with Crippen LogP contribution in [-0.4, -0.2) is 38.0 Å². The van der Waals surface area contributed by atoms with E-state index in [1.54, 1.807) is 19.0 Å². The van der Waals surface area contributed by atoms with Crippen LogP contribution < -0.4 is 5.32 Å². The first-order valence-corrected chi connectivity index (χ1v) is 3.06. The minimum absolute atomic E-state index is 0.194. The van der Waals surface area contributed by atoms with Crippen LogP contribution in [0.4, 0.5) is 0 Å². The molecule has 0 atom stereocenters. The maximum atomic E-state index is 11.0. The molecule has 1 fully saturated rings. The van der Waals surface area contributed by atoms with Gasteiger partial charge in [-0.15, -0.1) is 0 Å². The summed E-state index contributed by atoms with van der Waals surface area (Å²) in [6.45, 7) is 1.47. The fraction of sp³-hybridized carbons (Fsp3) is 0.833. The van der Waals surface area contributed by atoms with Gasteiger partial charge in [0.15, 0.2) is 0 Å². The monoisotopic (exact) mass is 127 g/mol. The maximum Gasteiger partial charge on any atom is 0.227 e. The van der Waals surface area contributed by atoms with E-state index < -0.39 is 0 Å². The van der Waals surface area contributed by atoms with E-state index in [0.29, 0.717) is 0 Å². The molecule has 51 valence electrons. The lowest BCUT2D eigenvalue weighted by molar-refractivity contribution is -0.134. The Morgan fingerprint density at radius 3 is 2.22 bits per heavy atom. The second-order valence-electron chi connectivity index (χ2n) is 2.52. The molecule has 0 N–H and O–H groups in total. The molecule has 1 rings (SSSR count). The van der Waals surface area contributed by atoms with E-state index in [2.05, 4.69) is 5.32 Å². The standard InChI is InChI=1S/C6H11N2O/c1-8(2)6(9)5-3-7-4-5/h5H,3-4H2,1-2H3. The molecular formula is C6H11N2O. The van der Waals surface area contributed by atoms with Crippen LogP contribution in [0.25, 0.3) is 0 Å². The zero-order chi connectivity index (χ0) is 6.85. The summed E-state index contributed by atoms with van der Waals surface area (Å²) in [4.78, 5) is 12.6. The van der Waals surface area contributed by atoms with Crippen LogP contribution in [0, 0.1) is 5.92 Å². The largest absolute Gasteiger partial charge is 0.348 e.